The van der Waals surface area contributed by atoms with Crippen molar-refractivity contribution in [2.75, 3.05) is 7.05 Å². The molecule has 0 spiro atoms. The van der Waals surface area contributed by atoms with Gasteiger partial charge in [-0.2, -0.15) is 5.10 Å². The van der Waals surface area contributed by atoms with Gasteiger partial charge in [0.1, 0.15) is 0 Å². The van der Waals surface area contributed by atoms with Crippen LogP contribution in [0.15, 0.2) is 29.3 Å². The highest BCUT2D eigenvalue weighted by atomic mass is 15.3. The van der Waals surface area contributed by atoms with E-state index in [1.807, 2.05) is 18.7 Å². The number of aryl methyl sites for hydroxylation is 3. The summed E-state index contributed by atoms with van der Waals surface area (Å²) in [5.74, 6) is 0.795. The molecule has 22 heavy (non-hydrogen) atoms. The Kier molecular flexibility index (Phi) is 5.20. The molecule has 1 aromatic heterocycles. The van der Waals surface area contributed by atoms with E-state index in [0.717, 1.165) is 24.7 Å². The van der Waals surface area contributed by atoms with Gasteiger partial charge < -0.3 is 10.6 Å². The molecule has 1 heterocycles. The summed E-state index contributed by atoms with van der Waals surface area (Å²) >= 11 is 0. The third-order valence-electron chi connectivity index (χ3n) is 3.90. The summed E-state index contributed by atoms with van der Waals surface area (Å²) in [4.78, 5) is 4.27. The van der Waals surface area contributed by atoms with Gasteiger partial charge >= 0.3 is 0 Å². The first-order chi connectivity index (χ1) is 10.5. The Morgan fingerprint density at radius 3 is 2.27 bits per heavy atom. The summed E-state index contributed by atoms with van der Waals surface area (Å²) in [5, 5.41) is 11.1. The molecule has 118 valence electrons. The van der Waals surface area contributed by atoms with E-state index in [0.29, 0.717) is 0 Å². The van der Waals surface area contributed by atoms with Crippen molar-refractivity contribution in [2.24, 2.45) is 12.0 Å². The van der Waals surface area contributed by atoms with Crippen molar-refractivity contribution in [3.05, 3.63) is 52.3 Å². The number of hydrogen-bond acceptors (Lipinski definition) is 2. The van der Waals surface area contributed by atoms with E-state index in [9.17, 15) is 0 Å². The van der Waals surface area contributed by atoms with Crippen LogP contribution in [-0.2, 0) is 20.1 Å². The number of nitrogens with zero attached hydrogens (tertiary/aromatic N) is 3. The fourth-order valence-electron chi connectivity index (χ4n) is 2.36. The maximum Gasteiger partial charge on any atom is 0.191 e. The lowest BCUT2D eigenvalue weighted by molar-refractivity contribution is 0.728. The molecule has 0 unspecified atom stereocenters. The molecule has 0 bridgehead atoms. The van der Waals surface area contributed by atoms with Crippen molar-refractivity contribution < 1.29 is 0 Å². The summed E-state index contributed by atoms with van der Waals surface area (Å²) in [5.41, 5.74) is 5.97. The lowest BCUT2D eigenvalue weighted by Crippen LogP contribution is -2.36. The zero-order valence-corrected chi connectivity index (χ0v) is 14.1. The van der Waals surface area contributed by atoms with E-state index >= 15 is 0 Å². The molecular weight excluding hydrogens is 274 g/mol. The average molecular weight is 299 g/mol. The molecule has 0 aliphatic carbocycles. The summed E-state index contributed by atoms with van der Waals surface area (Å²) in [6, 6.07) is 8.50. The first kappa shape index (κ1) is 16.1. The lowest BCUT2D eigenvalue weighted by atomic mass is 10.1. The maximum atomic E-state index is 4.43. The Hall–Kier alpha value is -2.30. The van der Waals surface area contributed by atoms with Crippen LogP contribution in [0.4, 0.5) is 0 Å². The van der Waals surface area contributed by atoms with Gasteiger partial charge in [-0.3, -0.25) is 9.67 Å². The third-order valence-corrected chi connectivity index (χ3v) is 3.90. The van der Waals surface area contributed by atoms with Gasteiger partial charge in [-0.25, -0.2) is 0 Å². The predicted molar refractivity (Wildman–Crippen MR) is 90.9 cm³/mol. The van der Waals surface area contributed by atoms with Crippen molar-refractivity contribution in [3.63, 3.8) is 0 Å². The number of aliphatic imine (C=N–C) groups is 1. The van der Waals surface area contributed by atoms with Crippen LogP contribution in [0.2, 0.25) is 0 Å². The topological polar surface area (TPSA) is 54.2 Å². The molecule has 0 saturated carbocycles. The monoisotopic (exact) mass is 299 g/mol. The van der Waals surface area contributed by atoms with Crippen LogP contribution in [-0.4, -0.2) is 22.8 Å². The molecule has 0 radical (unpaired) electrons. The Balaban J connectivity index is 1.91. The molecule has 2 rings (SSSR count). The minimum atomic E-state index is 0.721. The highest BCUT2D eigenvalue weighted by Crippen LogP contribution is 2.11. The van der Waals surface area contributed by atoms with Gasteiger partial charge in [0.05, 0.1) is 5.69 Å². The van der Waals surface area contributed by atoms with E-state index in [1.54, 1.807) is 7.05 Å². The summed E-state index contributed by atoms with van der Waals surface area (Å²) < 4.78 is 1.91. The van der Waals surface area contributed by atoms with Gasteiger partial charge in [0.2, 0.25) is 0 Å². The molecule has 0 atom stereocenters. The van der Waals surface area contributed by atoms with Crippen molar-refractivity contribution in [3.8, 4) is 0 Å². The number of guanidine groups is 1. The fourth-order valence-corrected chi connectivity index (χ4v) is 2.36. The smallest absolute Gasteiger partial charge is 0.191 e. The second-order valence-corrected chi connectivity index (χ2v) is 5.54. The third kappa shape index (κ3) is 3.87. The molecule has 0 amide bonds. The van der Waals surface area contributed by atoms with E-state index in [4.69, 9.17) is 0 Å². The summed E-state index contributed by atoms with van der Waals surface area (Å²) in [6.07, 6.45) is 0. The van der Waals surface area contributed by atoms with Crippen molar-refractivity contribution >= 4 is 5.96 Å². The van der Waals surface area contributed by atoms with Crippen molar-refractivity contribution in [2.45, 2.75) is 33.9 Å². The fraction of sp³-hybridized carbons (Fsp3) is 0.412. The van der Waals surface area contributed by atoms with Gasteiger partial charge in [0.25, 0.3) is 0 Å². The van der Waals surface area contributed by atoms with Crippen molar-refractivity contribution in [1.29, 1.82) is 0 Å². The quantitative estimate of drug-likeness (QED) is 0.672. The minimum absolute atomic E-state index is 0.721. The Labute approximate surface area is 132 Å². The first-order valence-electron chi connectivity index (χ1n) is 7.50. The standard InChI is InChI=1S/C17H25N5/c1-12-6-8-15(9-7-12)10-19-17(18-4)20-11-16-13(2)21-22(5)14(16)3/h6-9H,10-11H2,1-5H3,(H2,18,19,20). The van der Waals surface area contributed by atoms with Crippen LogP contribution < -0.4 is 10.6 Å². The van der Waals surface area contributed by atoms with Gasteiger partial charge in [-0.1, -0.05) is 29.8 Å². The second kappa shape index (κ2) is 7.11. The molecular formula is C17H25N5. The van der Waals surface area contributed by atoms with Crippen LogP contribution >= 0.6 is 0 Å². The largest absolute Gasteiger partial charge is 0.352 e. The zero-order chi connectivity index (χ0) is 16.1. The Morgan fingerprint density at radius 1 is 1.09 bits per heavy atom. The van der Waals surface area contributed by atoms with Crippen molar-refractivity contribution in [1.82, 2.24) is 20.4 Å². The highest BCUT2D eigenvalue weighted by molar-refractivity contribution is 5.79. The van der Waals surface area contributed by atoms with Gasteiger partial charge in [0, 0.05) is 38.4 Å². The first-order valence-corrected chi connectivity index (χ1v) is 7.50. The number of nitrogens with one attached hydrogen (secondary N) is 2. The molecule has 0 fully saturated rings. The van der Waals surface area contributed by atoms with Crippen LogP contribution in [0.25, 0.3) is 0 Å². The summed E-state index contributed by atoms with van der Waals surface area (Å²) in [7, 11) is 3.75. The minimum Gasteiger partial charge on any atom is -0.352 e. The normalized spacial score (nSPS) is 11.6. The van der Waals surface area contributed by atoms with E-state index < -0.39 is 0 Å². The molecule has 5 heteroatoms. The number of hydrogen-bond donors (Lipinski definition) is 2. The average Bonchev–Trinajstić information content (AvgIpc) is 2.75. The van der Waals surface area contributed by atoms with Gasteiger partial charge in [-0.05, 0) is 26.3 Å². The second-order valence-electron chi connectivity index (χ2n) is 5.54. The molecule has 0 aliphatic heterocycles. The summed E-state index contributed by atoms with van der Waals surface area (Å²) in [6.45, 7) is 7.69. The molecule has 0 aliphatic rings. The Bertz CT molecular complexity index is 652. The maximum absolute atomic E-state index is 4.43. The molecule has 2 aromatic rings. The molecule has 1 aromatic carbocycles. The SMILES string of the molecule is CN=C(NCc1ccc(C)cc1)NCc1c(C)nn(C)c1C. The van der Waals surface area contributed by atoms with E-state index in [1.165, 1.54) is 22.4 Å². The van der Waals surface area contributed by atoms with Crippen LogP contribution in [0.5, 0.6) is 0 Å². The lowest BCUT2D eigenvalue weighted by Gasteiger charge is -2.12. The van der Waals surface area contributed by atoms with Crippen LogP contribution in [0.3, 0.4) is 0 Å². The van der Waals surface area contributed by atoms with Gasteiger partial charge in [0.15, 0.2) is 5.96 Å². The van der Waals surface area contributed by atoms with Crippen LogP contribution in [0, 0.1) is 20.8 Å². The van der Waals surface area contributed by atoms with Crippen LogP contribution in [0.1, 0.15) is 28.1 Å². The van der Waals surface area contributed by atoms with Gasteiger partial charge in [-0.15, -0.1) is 0 Å². The number of aromatic nitrogens is 2. The van der Waals surface area contributed by atoms with E-state index in [2.05, 4.69) is 58.8 Å². The Morgan fingerprint density at radius 2 is 1.73 bits per heavy atom. The van der Waals surface area contributed by atoms with E-state index in [-0.39, 0.29) is 0 Å². The highest BCUT2D eigenvalue weighted by Gasteiger charge is 2.09. The number of benzene rings is 1. The molecule has 5 nitrogen and oxygen atoms in total. The number of rotatable bonds is 4. The zero-order valence-electron chi connectivity index (χ0n) is 14.1. The predicted octanol–water partition coefficient (Wildman–Crippen LogP) is 2.21. The molecule has 2 N–H and O–H groups in total. The molecule has 0 saturated heterocycles.